The third kappa shape index (κ3) is 6.30. The Bertz CT molecular complexity index is 1160. The second-order valence-electron chi connectivity index (χ2n) is 6.81. The Labute approximate surface area is 195 Å². The third-order valence-corrected chi connectivity index (χ3v) is 4.96. The number of hydrogen-bond donors (Lipinski definition) is 2. The normalized spacial score (nSPS) is 11.0. The number of para-hydroxylation sites is 2. The number of ether oxygens (including phenoxy) is 2. The highest BCUT2D eigenvalue weighted by atomic mass is 35.5. The number of hydrogen-bond acceptors (Lipinski definition) is 5. The Balaban J connectivity index is 1.57. The molecular weight excluding hydrogens is 449 g/mol. The summed E-state index contributed by atoms with van der Waals surface area (Å²) in [6.07, 6.45) is 0. The number of carbonyl (C=O) groups is 2. The van der Waals surface area contributed by atoms with Gasteiger partial charge in [0.2, 0.25) is 0 Å². The van der Waals surface area contributed by atoms with Crippen LogP contribution in [0, 0.1) is 5.82 Å². The van der Waals surface area contributed by atoms with Crippen molar-refractivity contribution in [3.63, 3.8) is 0 Å². The maximum absolute atomic E-state index is 13.8. The number of carbonyl (C=O) groups excluding carboxylic acids is 2. The number of halogens is 2. The summed E-state index contributed by atoms with van der Waals surface area (Å²) in [6.45, 7) is 1.66. The maximum Gasteiger partial charge on any atom is 0.329 e. The topological polar surface area (TPSA) is 89.0 Å². The maximum atomic E-state index is 13.8. The minimum atomic E-state index is -0.929. The molecule has 170 valence electrons. The Morgan fingerprint density at radius 1 is 1.00 bits per heavy atom. The summed E-state index contributed by atoms with van der Waals surface area (Å²) in [5.74, 6) is -1.31. The number of amides is 2. The van der Waals surface area contributed by atoms with Gasteiger partial charge in [0.25, 0.3) is 0 Å². The van der Waals surface area contributed by atoms with Crippen molar-refractivity contribution >= 4 is 34.8 Å². The van der Waals surface area contributed by atoms with Crippen molar-refractivity contribution in [1.29, 1.82) is 0 Å². The number of hydrazone groups is 1. The summed E-state index contributed by atoms with van der Waals surface area (Å²) in [5.41, 5.74) is 4.02. The lowest BCUT2D eigenvalue weighted by molar-refractivity contribution is -0.136. The van der Waals surface area contributed by atoms with Crippen molar-refractivity contribution in [1.82, 2.24) is 5.43 Å². The Morgan fingerprint density at radius 2 is 1.73 bits per heavy atom. The summed E-state index contributed by atoms with van der Waals surface area (Å²) in [7, 11) is 1.46. The first-order valence-corrected chi connectivity index (χ1v) is 10.2. The number of methoxy groups -OCH3 is 1. The van der Waals surface area contributed by atoms with Crippen molar-refractivity contribution in [3.8, 4) is 11.5 Å². The zero-order valence-corrected chi connectivity index (χ0v) is 18.7. The Morgan fingerprint density at radius 3 is 2.42 bits per heavy atom. The molecule has 7 nitrogen and oxygen atoms in total. The van der Waals surface area contributed by atoms with Gasteiger partial charge in [-0.25, -0.2) is 9.82 Å². The molecule has 0 spiro atoms. The quantitative estimate of drug-likeness (QED) is 0.302. The lowest BCUT2D eigenvalue weighted by atomic mass is 10.1. The van der Waals surface area contributed by atoms with Gasteiger partial charge in [-0.15, -0.1) is 0 Å². The fraction of sp³-hybridized carbons (Fsp3) is 0.125. The van der Waals surface area contributed by atoms with Crippen molar-refractivity contribution in [2.24, 2.45) is 5.10 Å². The molecule has 2 N–H and O–H groups in total. The first kappa shape index (κ1) is 23.7. The lowest BCUT2D eigenvalue weighted by Gasteiger charge is -2.10. The van der Waals surface area contributed by atoms with Crippen molar-refractivity contribution in [2.75, 3.05) is 12.4 Å². The molecule has 0 saturated carbocycles. The molecule has 0 fully saturated rings. The monoisotopic (exact) mass is 469 g/mol. The van der Waals surface area contributed by atoms with Gasteiger partial charge in [-0.3, -0.25) is 9.59 Å². The molecule has 9 heteroatoms. The summed E-state index contributed by atoms with van der Waals surface area (Å²) in [5, 5.41) is 6.72. The van der Waals surface area contributed by atoms with Crippen molar-refractivity contribution in [3.05, 3.63) is 88.7 Å². The van der Waals surface area contributed by atoms with E-state index < -0.39 is 17.6 Å². The van der Waals surface area contributed by atoms with Crippen LogP contribution in [-0.2, 0) is 16.2 Å². The van der Waals surface area contributed by atoms with Gasteiger partial charge in [0, 0.05) is 5.56 Å². The molecule has 0 aliphatic rings. The average Bonchev–Trinajstić information content (AvgIpc) is 2.82. The Kier molecular flexibility index (Phi) is 7.99. The summed E-state index contributed by atoms with van der Waals surface area (Å²) < 4.78 is 24.6. The smallest absolute Gasteiger partial charge is 0.329 e. The number of nitrogens with zero attached hydrogens (tertiary/aromatic N) is 1. The van der Waals surface area contributed by atoms with E-state index in [1.54, 1.807) is 61.5 Å². The van der Waals surface area contributed by atoms with Crippen LogP contribution in [0.25, 0.3) is 0 Å². The second-order valence-corrected chi connectivity index (χ2v) is 7.21. The predicted octanol–water partition coefficient (Wildman–Crippen LogP) is 4.55. The molecule has 0 aromatic heterocycles. The van der Waals surface area contributed by atoms with E-state index in [-0.39, 0.29) is 12.2 Å². The van der Waals surface area contributed by atoms with Crippen LogP contribution in [0.15, 0.2) is 71.8 Å². The van der Waals surface area contributed by atoms with Crippen LogP contribution < -0.4 is 20.2 Å². The molecular formula is C24H21ClFN3O4. The molecule has 0 unspecified atom stereocenters. The highest BCUT2D eigenvalue weighted by molar-refractivity contribution is 6.39. The highest BCUT2D eigenvalue weighted by Gasteiger charge is 2.15. The number of nitrogens with one attached hydrogen (secondary N) is 2. The summed E-state index contributed by atoms with van der Waals surface area (Å²) in [4.78, 5) is 24.2. The van der Waals surface area contributed by atoms with Crippen LogP contribution in [0.3, 0.4) is 0 Å². The SMILES string of the molecule is COc1ccccc1NC(=O)C(=O)NN=C(C)c1ccc(OCc2c(F)cccc2Cl)cc1. The van der Waals surface area contributed by atoms with Gasteiger partial charge in [0.05, 0.1) is 23.5 Å². The molecule has 0 aliphatic heterocycles. The second kappa shape index (κ2) is 11.1. The largest absolute Gasteiger partial charge is 0.495 e. The average molecular weight is 470 g/mol. The van der Waals surface area contributed by atoms with Crippen molar-refractivity contribution in [2.45, 2.75) is 13.5 Å². The number of benzene rings is 3. The van der Waals surface area contributed by atoms with E-state index in [0.717, 1.165) is 0 Å². The number of rotatable bonds is 7. The van der Waals surface area contributed by atoms with Gasteiger partial charge in [0.15, 0.2) is 0 Å². The predicted molar refractivity (Wildman–Crippen MR) is 124 cm³/mol. The van der Waals surface area contributed by atoms with E-state index in [1.807, 2.05) is 0 Å². The molecule has 0 radical (unpaired) electrons. The molecule has 0 atom stereocenters. The lowest BCUT2D eigenvalue weighted by Crippen LogP contribution is -2.33. The fourth-order valence-electron chi connectivity index (χ4n) is 2.80. The van der Waals surface area contributed by atoms with E-state index in [9.17, 15) is 14.0 Å². The van der Waals surface area contributed by atoms with Crippen LogP contribution in [0.5, 0.6) is 11.5 Å². The first-order chi connectivity index (χ1) is 15.9. The molecule has 3 aromatic rings. The zero-order valence-electron chi connectivity index (χ0n) is 17.9. The number of anilines is 1. The molecule has 0 heterocycles. The molecule has 0 saturated heterocycles. The van der Waals surface area contributed by atoms with E-state index in [0.29, 0.717) is 33.5 Å². The minimum absolute atomic E-state index is 0.0186. The molecule has 0 aliphatic carbocycles. The standard InChI is InChI=1S/C24H21ClFN3O4/c1-15(28-29-24(31)23(30)27-21-8-3-4-9-22(21)32-2)16-10-12-17(13-11-16)33-14-18-19(25)6-5-7-20(18)26/h3-13H,14H2,1-2H3,(H,27,30)(H,29,31). The molecule has 2 amide bonds. The fourth-order valence-corrected chi connectivity index (χ4v) is 3.01. The van der Waals surface area contributed by atoms with Crippen LogP contribution in [0.4, 0.5) is 10.1 Å². The Hall–Kier alpha value is -3.91. The first-order valence-electron chi connectivity index (χ1n) is 9.83. The van der Waals surface area contributed by atoms with Gasteiger partial charge in [-0.1, -0.05) is 29.8 Å². The van der Waals surface area contributed by atoms with Gasteiger partial charge in [0.1, 0.15) is 23.9 Å². The highest BCUT2D eigenvalue weighted by Crippen LogP contribution is 2.23. The van der Waals surface area contributed by atoms with Gasteiger partial charge in [-0.05, 0) is 61.0 Å². The van der Waals surface area contributed by atoms with Gasteiger partial charge < -0.3 is 14.8 Å². The summed E-state index contributed by atoms with van der Waals surface area (Å²) in [6, 6.07) is 18.0. The zero-order chi connectivity index (χ0) is 23.8. The van der Waals surface area contributed by atoms with Crippen LogP contribution in [0.2, 0.25) is 5.02 Å². The van der Waals surface area contributed by atoms with E-state index >= 15 is 0 Å². The molecule has 0 bridgehead atoms. The molecule has 33 heavy (non-hydrogen) atoms. The van der Waals surface area contributed by atoms with E-state index in [4.69, 9.17) is 21.1 Å². The van der Waals surface area contributed by atoms with E-state index in [2.05, 4.69) is 15.8 Å². The van der Waals surface area contributed by atoms with Crippen LogP contribution >= 0.6 is 11.6 Å². The van der Waals surface area contributed by atoms with Gasteiger partial charge in [-0.2, -0.15) is 5.10 Å². The van der Waals surface area contributed by atoms with E-state index in [1.165, 1.54) is 19.2 Å². The molecule has 3 aromatic carbocycles. The molecule has 3 rings (SSSR count). The minimum Gasteiger partial charge on any atom is -0.495 e. The van der Waals surface area contributed by atoms with Crippen molar-refractivity contribution < 1.29 is 23.5 Å². The van der Waals surface area contributed by atoms with Crippen LogP contribution in [-0.4, -0.2) is 24.6 Å². The van der Waals surface area contributed by atoms with Crippen LogP contribution in [0.1, 0.15) is 18.1 Å². The summed E-state index contributed by atoms with van der Waals surface area (Å²) >= 11 is 6.00. The third-order valence-electron chi connectivity index (χ3n) is 4.60. The van der Waals surface area contributed by atoms with Gasteiger partial charge >= 0.3 is 11.8 Å².